The van der Waals surface area contributed by atoms with Crippen LogP contribution in [0.3, 0.4) is 0 Å². The van der Waals surface area contributed by atoms with Crippen LogP contribution in [-0.2, 0) is 0 Å². The Balaban J connectivity index is 0. The van der Waals surface area contributed by atoms with Gasteiger partial charge in [-0.3, -0.25) is 0 Å². The molecule has 0 aromatic carbocycles. The molecule has 5 nitrogen and oxygen atoms in total. The molecule has 0 unspecified atom stereocenters. The van der Waals surface area contributed by atoms with Crippen LogP contribution < -0.4 is 21.7 Å². The molecule has 0 rings (SSSR count). The summed E-state index contributed by atoms with van der Waals surface area (Å²) in [5.41, 5.74) is 10.6. The normalized spacial score (nSPS) is 8.50. The number of carbonyl (C=O) groups is 1. The number of unbranched alkanes of at least 4 members (excludes halogenated alkanes) is 3. The topological polar surface area (TPSA) is 115 Å². The molecule has 0 spiro atoms. The minimum atomic E-state index is -2.33. The van der Waals surface area contributed by atoms with Crippen LogP contribution in [0.5, 0.6) is 0 Å². The minimum absolute atomic E-state index is 0.824. The van der Waals surface area contributed by atoms with Gasteiger partial charge >= 0.3 is 0 Å². The van der Waals surface area contributed by atoms with E-state index in [9.17, 15) is 0 Å². The van der Waals surface area contributed by atoms with Crippen molar-refractivity contribution in [3.05, 3.63) is 0 Å². The highest BCUT2D eigenvalue weighted by molar-refractivity contribution is 5.47. The molecule has 0 bridgehead atoms. The maximum absolute atomic E-state index is 8.33. The van der Waals surface area contributed by atoms with Crippen molar-refractivity contribution in [1.29, 1.82) is 0 Å². The fourth-order valence-corrected chi connectivity index (χ4v) is 0.642. The lowest BCUT2D eigenvalue weighted by Gasteiger charge is -1.96. The SMILES string of the molecule is NCCCCCCN.O=C([O-])[O-]. The second-order valence-electron chi connectivity index (χ2n) is 2.24. The Hall–Kier alpha value is -0.810. The van der Waals surface area contributed by atoms with Gasteiger partial charge in [-0.1, -0.05) is 12.8 Å². The van der Waals surface area contributed by atoms with E-state index in [0.29, 0.717) is 0 Å². The molecule has 0 saturated carbocycles. The Morgan fingerprint density at radius 1 is 0.917 bits per heavy atom. The molecular formula is C7H16N2O3-2. The molecule has 0 aromatic heterocycles. The van der Waals surface area contributed by atoms with Crippen LogP contribution in [0.2, 0.25) is 0 Å². The predicted octanol–water partition coefficient (Wildman–Crippen LogP) is -1.98. The summed E-state index contributed by atoms with van der Waals surface area (Å²) in [7, 11) is 0. The van der Waals surface area contributed by atoms with Crippen LogP contribution in [0.4, 0.5) is 4.79 Å². The van der Waals surface area contributed by atoms with E-state index >= 15 is 0 Å². The monoisotopic (exact) mass is 176 g/mol. The van der Waals surface area contributed by atoms with Gasteiger partial charge in [0.1, 0.15) is 0 Å². The molecule has 0 aromatic rings. The molecule has 0 heterocycles. The van der Waals surface area contributed by atoms with Crippen LogP contribution >= 0.6 is 0 Å². The minimum Gasteiger partial charge on any atom is -0.652 e. The van der Waals surface area contributed by atoms with Gasteiger partial charge in [-0.2, -0.15) is 0 Å². The van der Waals surface area contributed by atoms with Gasteiger partial charge < -0.3 is 26.5 Å². The number of carboxylic acid groups (broad SMARTS) is 2. The van der Waals surface area contributed by atoms with E-state index in [1.807, 2.05) is 0 Å². The van der Waals surface area contributed by atoms with E-state index in [0.717, 1.165) is 25.9 Å². The van der Waals surface area contributed by atoms with Crippen molar-refractivity contribution >= 4 is 6.16 Å². The summed E-state index contributed by atoms with van der Waals surface area (Å²) in [4.78, 5) is 8.33. The molecular weight excluding hydrogens is 160 g/mol. The Morgan fingerprint density at radius 2 is 1.17 bits per heavy atom. The summed E-state index contributed by atoms with van der Waals surface area (Å²) < 4.78 is 0. The van der Waals surface area contributed by atoms with Crippen molar-refractivity contribution in [1.82, 2.24) is 0 Å². The Bertz CT molecular complexity index is 88.7. The third kappa shape index (κ3) is 35.1. The molecule has 0 radical (unpaired) electrons. The third-order valence-corrected chi connectivity index (χ3v) is 1.16. The zero-order chi connectivity index (χ0) is 9.82. The van der Waals surface area contributed by atoms with Crippen molar-refractivity contribution < 1.29 is 15.0 Å². The average Bonchev–Trinajstić information content (AvgIpc) is 1.97. The number of hydrogen-bond donors (Lipinski definition) is 2. The molecule has 5 heteroatoms. The fourth-order valence-electron chi connectivity index (χ4n) is 0.642. The largest absolute Gasteiger partial charge is 0.652 e. The predicted molar refractivity (Wildman–Crippen MR) is 42.0 cm³/mol. The van der Waals surface area contributed by atoms with Crippen molar-refractivity contribution in [2.24, 2.45) is 11.5 Å². The van der Waals surface area contributed by atoms with Gasteiger partial charge in [-0.05, 0) is 32.1 Å². The molecule has 0 amide bonds. The maximum atomic E-state index is 8.33. The molecule has 0 aliphatic heterocycles. The second kappa shape index (κ2) is 12.8. The van der Waals surface area contributed by atoms with Gasteiger partial charge in [0.2, 0.25) is 0 Å². The molecule has 74 valence electrons. The van der Waals surface area contributed by atoms with Gasteiger partial charge in [0.15, 0.2) is 0 Å². The number of hydrogen-bond acceptors (Lipinski definition) is 5. The van der Waals surface area contributed by atoms with E-state index in [1.54, 1.807) is 0 Å². The summed E-state index contributed by atoms with van der Waals surface area (Å²) in [6.07, 6.45) is 2.46. The van der Waals surface area contributed by atoms with Crippen molar-refractivity contribution in [3.8, 4) is 0 Å². The lowest BCUT2D eigenvalue weighted by molar-refractivity contribution is -0.415. The van der Waals surface area contributed by atoms with E-state index in [-0.39, 0.29) is 0 Å². The Labute approximate surface area is 72.4 Å². The third-order valence-electron chi connectivity index (χ3n) is 1.16. The van der Waals surface area contributed by atoms with Crippen LogP contribution in [0.15, 0.2) is 0 Å². The van der Waals surface area contributed by atoms with E-state index in [4.69, 9.17) is 26.5 Å². The Morgan fingerprint density at radius 3 is 1.33 bits per heavy atom. The van der Waals surface area contributed by atoms with Gasteiger partial charge in [0, 0.05) is 0 Å². The average molecular weight is 176 g/mol. The van der Waals surface area contributed by atoms with Crippen LogP contribution in [0.25, 0.3) is 0 Å². The summed E-state index contributed by atoms with van der Waals surface area (Å²) >= 11 is 0. The van der Waals surface area contributed by atoms with Crippen molar-refractivity contribution in [3.63, 3.8) is 0 Å². The fraction of sp³-hybridized carbons (Fsp3) is 0.857. The second-order valence-corrected chi connectivity index (χ2v) is 2.24. The highest BCUT2D eigenvalue weighted by atomic mass is 16.6. The molecule has 0 aliphatic rings. The lowest BCUT2D eigenvalue weighted by atomic mass is 10.2. The van der Waals surface area contributed by atoms with Gasteiger partial charge in [0.25, 0.3) is 0 Å². The zero-order valence-electron chi connectivity index (χ0n) is 7.12. The van der Waals surface area contributed by atoms with E-state index in [1.165, 1.54) is 12.8 Å². The van der Waals surface area contributed by atoms with Crippen molar-refractivity contribution in [2.45, 2.75) is 25.7 Å². The number of carbonyl (C=O) groups excluding carboxylic acids is 1. The van der Waals surface area contributed by atoms with Crippen LogP contribution in [0.1, 0.15) is 25.7 Å². The lowest BCUT2D eigenvalue weighted by Crippen LogP contribution is -2.37. The van der Waals surface area contributed by atoms with Crippen LogP contribution in [0, 0.1) is 0 Å². The first-order valence-electron chi connectivity index (χ1n) is 3.93. The quantitative estimate of drug-likeness (QED) is 0.471. The summed E-state index contributed by atoms with van der Waals surface area (Å²) in [5.74, 6) is 0. The maximum Gasteiger partial charge on any atom is -0.00773 e. The van der Waals surface area contributed by atoms with Crippen molar-refractivity contribution in [2.75, 3.05) is 13.1 Å². The van der Waals surface area contributed by atoms with Gasteiger partial charge in [-0.25, -0.2) is 0 Å². The molecule has 12 heavy (non-hydrogen) atoms. The molecule has 0 atom stereocenters. The zero-order valence-corrected chi connectivity index (χ0v) is 7.12. The van der Waals surface area contributed by atoms with Gasteiger partial charge in [0.05, 0.1) is 0 Å². The molecule has 0 saturated heterocycles. The smallest absolute Gasteiger partial charge is 0.00773 e. The summed E-state index contributed by atoms with van der Waals surface area (Å²) in [5, 5.41) is 16.7. The molecule has 0 fully saturated rings. The van der Waals surface area contributed by atoms with E-state index in [2.05, 4.69) is 0 Å². The van der Waals surface area contributed by atoms with Gasteiger partial charge in [-0.15, -0.1) is 0 Å². The first-order valence-corrected chi connectivity index (χ1v) is 3.93. The first-order chi connectivity index (χ1) is 5.65. The van der Waals surface area contributed by atoms with Crippen LogP contribution in [-0.4, -0.2) is 19.2 Å². The highest BCUT2D eigenvalue weighted by Gasteiger charge is 1.83. The number of nitrogens with two attached hydrogens (primary N) is 2. The summed E-state index contributed by atoms with van der Waals surface area (Å²) in [6, 6.07) is 0. The molecule has 0 aliphatic carbocycles. The van der Waals surface area contributed by atoms with E-state index < -0.39 is 6.16 Å². The molecule has 4 N–H and O–H groups in total. The first kappa shape index (κ1) is 13.8. The summed E-state index contributed by atoms with van der Waals surface area (Å²) in [6.45, 7) is 1.65. The number of rotatable bonds is 5. The Kier molecular flexibility index (Phi) is 14.7. The standard InChI is InChI=1S/C6H16N2.CH2O3/c7-5-3-1-2-4-6-8;2-1(3)4/h1-8H2;(H2,2,3,4)/p-2. The highest BCUT2D eigenvalue weighted by Crippen LogP contribution is 1.95.